The van der Waals surface area contributed by atoms with Crippen LogP contribution in [0.15, 0.2) is 0 Å². The summed E-state index contributed by atoms with van der Waals surface area (Å²) in [6.45, 7) is 6.49. The Morgan fingerprint density at radius 1 is 0.425 bits per heavy atom. The predicted octanol–water partition coefficient (Wildman–Crippen LogP) is 13.3. The lowest BCUT2D eigenvalue weighted by Crippen LogP contribution is -2.20. The number of ether oxygens (including phenoxy) is 2. The average Bonchev–Trinajstić information content (AvgIpc) is 3.81. The molecule has 0 spiro atoms. The number of rotatable bonds is 35. The van der Waals surface area contributed by atoms with Crippen molar-refractivity contribution in [1.82, 2.24) is 0 Å². The normalized spacial score (nSPS) is 15.6. The first-order valence-electron chi connectivity index (χ1n) is 19.1. The maximum absolute atomic E-state index is 6.28. The van der Waals surface area contributed by atoms with E-state index in [1.807, 2.05) is 0 Å². The zero-order valence-corrected chi connectivity index (χ0v) is 28.0. The molecule has 0 aromatic rings. The molecule has 240 valence electrons. The molecule has 0 aromatic heterocycles. The molecular weight excluding hydrogens is 488 g/mol. The fourth-order valence-electron chi connectivity index (χ4n) is 6.25. The molecule has 0 radical (unpaired) electrons. The van der Waals surface area contributed by atoms with Gasteiger partial charge in [0.25, 0.3) is 0 Å². The highest BCUT2D eigenvalue weighted by atomic mass is 16.6. The van der Waals surface area contributed by atoms with Gasteiger partial charge in [-0.2, -0.15) is 0 Å². The Balaban J connectivity index is 1.77. The number of unbranched alkanes of at least 4 members (excludes halogenated alkanes) is 29. The molecular formula is C38H76O2. The van der Waals surface area contributed by atoms with E-state index in [1.54, 1.807) is 0 Å². The number of hydrogen-bond acceptors (Lipinski definition) is 2. The molecule has 2 nitrogen and oxygen atoms in total. The monoisotopic (exact) mass is 565 g/mol. The van der Waals surface area contributed by atoms with Crippen molar-refractivity contribution >= 4 is 0 Å². The molecule has 2 atom stereocenters. The van der Waals surface area contributed by atoms with Crippen molar-refractivity contribution in [2.45, 2.75) is 232 Å². The molecule has 0 N–H and O–H groups in total. The molecule has 0 bridgehead atoms. The summed E-state index contributed by atoms with van der Waals surface area (Å²) in [4.78, 5) is 0. The number of epoxide rings is 1. The van der Waals surface area contributed by atoms with Crippen LogP contribution in [0, 0.1) is 0 Å². The fourth-order valence-corrected chi connectivity index (χ4v) is 6.25. The quantitative estimate of drug-likeness (QED) is 0.0564. The summed E-state index contributed by atoms with van der Waals surface area (Å²) in [6, 6.07) is 0. The summed E-state index contributed by atoms with van der Waals surface area (Å²) >= 11 is 0. The minimum Gasteiger partial charge on any atom is -0.375 e. The molecule has 0 saturated carbocycles. The van der Waals surface area contributed by atoms with E-state index in [2.05, 4.69) is 13.8 Å². The molecule has 1 rings (SSSR count). The SMILES string of the molecule is CCCCCCCCCCCCCCCCCCOC(CCCCCCCCCCCCCCCCC)C1CO1. The van der Waals surface area contributed by atoms with Crippen LogP contribution < -0.4 is 0 Å². The van der Waals surface area contributed by atoms with Gasteiger partial charge in [0.2, 0.25) is 0 Å². The van der Waals surface area contributed by atoms with Crippen molar-refractivity contribution in [2.24, 2.45) is 0 Å². The molecule has 2 heteroatoms. The molecule has 1 aliphatic rings. The molecule has 1 heterocycles. The summed E-state index contributed by atoms with van der Waals surface area (Å²) in [5.41, 5.74) is 0. The standard InChI is InChI=1S/C38H76O2/c1-3-5-7-9-11-13-15-17-19-21-23-25-27-29-31-33-35-39-37(38-36-40-38)34-32-30-28-26-24-22-20-18-16-14-12-10-8-6-4-2/h37-38H,3-36H2,1-2H3. The maximum Gasteiger partial charge on any atom is 0.107 e. The van der Waals surface area contributed by atoms with Gasteiger partial charge in [0.15, 0.2) is 0 Å². The van der Waals surface area contributed by atoms with E-state index in [1.165, 1.54) is 205 Å². The van der Waals surface area contributed by atoms with Crippen LogP contribution in [0.3, 0.4) is 0 Å². The lowest BCUT2D eigenvalue weighted by molar-refractivity contribution is 0.0240. The summed E-state index contributed by atoms with van der Waals surface area (Å²) in [6.07, 6.45) is 46.3. The van der Waals surface area contributed by atoms with Crippen LogP contribution in [-0.4, -0.2) is 25.4 Å². The molecule has 2 unspecified atom stereocenters. The average molecular weight is 565 g/mol. The van der Waals surface area contributed by atoms with Crippen LogP contribution in [0.2, 0.25) is 0 Å². The number of hydrogen-bond donors (Lipinski definition) is 0. The first-order valence-corrected chi connectivity index (χ1v) is 19.1. The van der Waals surface area contributed by atoms with Crippen molar-refractivity contribution in [3.63, 3.8) is 0 Å². The largest absolute Gasteiger partial charge is 0.375 e. The van der Waals surface area contributed by atoms with Gasteiger partial charge in [0.05, 0.1) is 12.7 Å². The third-order valence-corrected chi connectivity index (χ3v) is 9.20. The molecule has 1 aliphatic heterocycles. The van der Waals surface area contributed by atoms with E-state index in [9.17, 15) is 0 Å². The molecule has 1 fully saturated rings. The van der Waals surface area contributed by atoms with Gasteiger partial charge in [0.1, 0.15) is 6.10 Å². The molecule has 0 aromatic carbocycles. The Bertz CT molecular complexity index is 460. The van der Waals surface area contributed by atoms with E-state index in [-0.39, 0.29) is 0 Å². The highest BCUT2D eigenvalue weighted by Crippen LogP contribution is 2.23. The summed E-state index contributed by atoms with van der Waals surface area (Å²) in [5.74, 6) is 0. The highest BCUT2D eigenvalue weighted by molar-refractivity contribution is 4.80. The molecule has 1 saturated heterocycles. The van der Waals surface area contributed by atoms with Crippen LogP contribution in [0.5, 0.6) is 0 Å². The van der Waals surface area contributed by atoms with Gasteiger partial charge in [-0.25, -0.2) is 0 Å². The van der Waals surface area contributed by atoms with Crippen LogP contribution in [0.4, 0.5) is 0 Å². The van der Waals surface area contributed by atoms with Crippen LogP contribution in [0.25, 0.3) is 0 Å². The smallest absolute Gasteiger partial charge is 0.107 e. The second kappa shape index (κ2) is 31.8. The lowest BCUT2D eigenvalue weighted by Gasteiger charge is -2.16. The van der Waals surface area contributed by atoms with Crippen LogP contribution >= 0.6 is 0 Å². The topological polar surface area (TPSA) is 21.8 Å². The Hall–Kier alpha value is -0.0800. The first kappa shape index (κ1) is 37.9. The summed E-state index contributed by atoms with van der Waals surface area (Å²) in [5, 5.41) is 0. The Labute approximate surface area is 253 Å². The minimum atomic E-state index is 0.373. The fraction of sp³-hybridized carbons (Fsp3) is 1.00. The van der Waals surface area contributed by atoms with Gasteiger partial charge < -0.3 is 9.47 Å². The highest BCUT2D eigenvalue weighted by Gasteiger charge is 2.32. The van der Waals surface area contributed by atoms with Gasteiger partial charge in [-0.05, 0) is 12.8 Å². The van der Waals surface area contributed by atoms with Crippen molar-refractivity contribution in [2.75, 3.05) is 13.2 Å². The maximum atomic E-state index is 6.28. The molecule has 0 amide bonds. The van der Waals surface area contributed by atoms with Crippen LogP contribution in [-0.2, 0) is 9.47 Å². The Kier molecular flexibility index (Phi) is 30.2. The van der Waals surface area contributed by atoms with Gasteiger partial charge >= 0.3 is 0 Å². The predicted molar refractivity (Wildman–Crippen MR) is 179 cm³/mol. The molecule has 0 aliphatic carbocycles. The second-order valence-electron chi connectivity index (χ2n) is 13.3. The van der Waals surface area contributed by atoms with E-state index in [4.69, 9.17) is 9.47 Å². The minimum absolute atomic E-state index is 0.373. The summed E-state index contributed by atoms with van der Waals surface area (Å²) in [7, 11) is 0. The van der Waals surface area contributed by atoms with E-state index in [0.717, 1.165) is 13.2 Å². The van der Waals surface area contributed by atoms with Gasteiger partial charge in [-0.1, -0.05) is 206 Å². The first-order chi connectivity index (χ1) is 19.9. The zero-order valence-electron chi connectivity index (χ0n) is 28.0. The Morgan fingerprint density at radius 3 is 1.00 bits per heavy atom. The lowest BCUT2D eigenvalue weighted by atomic mass is 10.0. The molecule has 40 heavy (non-hydrogen) atoms. The van der Waals surface area contributed by atoms with E-state index >= 15 is 0 Å². The van der Waals surface area contributed by atoms with Crippen molar-refractivity contribution in [3.05, 3.63) is 0 Å². The van der Waals surface area contributed by atoms with Gasteiger partial charge in [-0.15, -0.1) is 0 Å². The third kappa shape index (κ3) is 28.1. The van der Waals surface area contributed by atoms with Gasteiger partial charge in [-0.3, -0.25) is 0 Å². The van der Waals surface area contributed by atoms with E-state index in [0.29, 0.717) is 12.2 Å². The van der Waals surface area contributed by atoms with Crippen molar-refractivity contribution < 1.29 is 9.47 Å². The summed E-state index contributed by atoms with van der Waals surface area (Å²) < 4.78 is 11.9. The van der Waals surface area contributed by atoms with Crippen molar-refractivity contribution in [3.8, 4) is 0 Å². The zero-order chi connectivity index (χ0) is 28.6. The second-order valence-corrected chi connectivity index (χ2v) is 13.3. The third-order valence-electron chi connectivity index (χ3n) is 9.20. The Morgan fingerprint density at radius 2 is 0.700 bits per heavy atom. The van der Waals surface area contributed by atoms with Crippen LogP contribution in [0.1, 0.15) is 219 Å². The van der Waals surface area contributed by atoms with Crippen molar-refractivity contribution in [1.29, 1.82) is 0 Å². The van der Waals surface area contributed by atoms with Gasteiger partial charge in [0, 0.05) is 6.61 Å². The van der Waals surface area contributed by atoms with E-state index < -0.39 is 0 Å².